The van der Waals surface area contributed by atoms with Gasteiger partial charge in [0, 0.05) is 0 Å². The van der Waals surface area contributed by atoms with Crippen LogP contribution in [0, 0.1) is 0 Å². The van der Waals surface area contributed by atoms with Crippen LogP contribution < -0.4 is 0 Å². The summed E-state index contributed by atoms with van der Waals surface area (Å²) in [7, 11) is -1.27. The summed E-state index contributed by atoms with van der Waals surface area (Å²) in [5.41, 5.74) is -1.11. The van der Waals surface area contributed by atoms with Crippen LogP contribution in [-0.2, 0) is 0 Å². The average Bonchev–Trinajstić information content (AvgIpc) is 1.97. The van der Waals surface area contributed by atoms with Crippen LogP contribution in [0.15, 0.2) is 11.5 Å². The fourth-order valence-electron chi connectivity index (χ4n) is 0.801. The Hall–Kier alpha value is -0.253. The molecule has 0 rings (SSSR count). The van der Waals surface area contributed by atoms with E-state index in [1.54, 1.807) is 0 Å². The van der Waals surface area contributed by atoms with E-state index in [0.29, 0.717) is 6.04 Å². The van der Waals surface area contributed by atoms with Crippen LogP contribution in [0.3, 0.4) is 0 Å². The normalized spacial score (nSPS) is 10.9. The smallest absolute Gasteiger partial charge is 0.212 e. The lowest BCUT2D eigenvalue weighted by Crippen LogP contribution is -1.91. The van der Waals surface area contributed by atoms with Crippen LogP contribution in [0.4, 0.5) is 13.2 Å². The van der Waals surface area contributed by atoms with Crippen molar-refractivity contribution in [2.45, 2.75) is 32.2 Å². The highest BCUT2D eigenvalue weighted by atomic mass is 28.2. The molecule has 0 aromatic carbocycles. The van der Waals surface area contributed by atoms with Crippen LogP contribution in [-0.4, -0.2) is 9.52 Å². The van der Waals surface area contributed by atoms with Gasteiger partial charge in [0.25, 0.3) is 6.08 Å². The van der Waals surface area contributed by atoms with Crippen molar-refractivity contribution < 1.29 is 13.2 Å². The van der Waals surface area contributed by atoms with Gasteiger partial charge in [-0.25, -0.2) is 4.39 Å². The summed E-state index contributed by atoms with van der Waals surface area (Å²) in [4.78, 5) is 0. The molecule has 0 unspecified atom stereocenters. The van der Waals surface area contributed by atoms with Gasteiger partial charge in [0.05, 0.1) is 9.52 Å². The summed E-state index contributed by atoms with van der Waals surface area (Å²) < 4.78 is 35.1. The van der Waals surface area contributed by atoms with E-state index in [1.807, 2.05) is 6.92 Å². The summed E-state index contributed by atoms with van der Waals surface area (Å²) in [5.74, 6) is 0. The van der Waals surface area contributed by atoms with E-state index in [4.69, 9.17) is 0 Å². The van der Waals surface area contributed by atoms with Crippen molar-refractivity contribution in [2.24, 2.45) is 0 Å². The van der Waals surface area contributed by atoms with Crippen LogP contribution in [0.1, 0.15) is 26.2 Å². The lowest BCUT2D eigenvalue weighted by atomic mass is 10.3. The molecule has 0 fully saturated rings. The Morgan fingerprint density at radius 3 is 2.27 bits per heavy atom. The van der Waals surface area contributed by atoms with Crippen molar-refractivity contribution in [2.75, 3.05) is 0 Å². The van der Waals surface area contributed by atoms with Crippen molar-refractivity contribution in [3.63, 3.8) is 0 Å². The second-order valence-electron chi connectivity index (χ2n) is 2.48. The average molecular weight is 182 g/mol. The van der Waals surface area contributed by atoms with Gasteiger partial charge in [-0.2, -0.15) is 8.78 Å². The molecule has 66 valence electrons. The molecule has 11 heavy (non-hydrogen) atoms. The minimum absolute atomic E-state index is 0.664. The van der Waals surface area contributed by atoms with Crippen molar-refractivity contribution in [3.05, 3.63) is 11.5 Å². The summed E-state index contributed by atoms with van der Waals surface area (Å²) in [6.45, 7) is 2.03. The molecule has 0 saturated heterocycles. The van der Waals surface area contributed by atoms with Gasteiger partial charge in [-0.1, -0.05) is 32.2 Å². The van der Waals surface area contributed by atoms with E-state index in [9.17, 15) is 13.2 Å². The first-order chi connectivity index (χ1) is 5.18. The lowest BCUT2D eigenvalue weighted by molar-refractivity contribution is 0.392. The zero-order valence-corrected chi connectivity index (χ0v) is 8.08. The molecule has 0 N–H and O–H groups in total. The molecule has 0 bridgehead atoms. The molecule has 0 aromatic heterocycles. The molecule has 0 aliphatic heterocycles. The van der Waals surface area contributed by atoms with Gasteiger partial charge in [-0.05, 0) is 0 Å². The van der Waals surface area contributed by atoms with Gasteiger partial charge < -0.3 is 0 Å². The van der Waals surface area contributed by atoms with Gasteiger partial charge >= 0.3 is 0 Å². The molecule has 0 aliphatic carbocycles. The fraction of sp³-hybridized carbons (Fsp3) is 0.714. The highest BCUT2D eigenvalue weighted by Gasteiger charge is 2.03. The van der Waals surface area contributed by atoms with Gasteiger partial charge in [0.2, 0.25) is 0 Å². The maximum atomic E-state index is 12.1. The molecule has 0 saturated carbocycles. The third-order valence-corrected chi connectivity index (χ3v) is 3.01. The SMILES string of the molecule is CCCCC[SiH2]C(F)=C(F)F. The zero-order chi connectivity index (χ0) is 8.69. The molecule has 0 nitrogen and oxygen atoms in total. The molecule has 0 spiro atoms. The Labute approximate surface area is 67.3 Å². The first-order valence-electron chi connectivity index (χ1n) is 3.88. The summed E-state index contributed by atoms with van der Waals surface area (Å²) in [5, 5.41) is 0. The highest BCUT2D eigenvalue weighted by Crippen LogP contribution is 2.10. The summed E-state index contributed by atoms with van der Waals surface area (Å²) >= 11 is 0. The van der Waals surface area contributed by atoms with Crippen molar-refractivity contribution in [3.8, 4) is 0 Å². The number of hydrogen-bond donors (Lipinski definition) is 0. The van der Waals surface area contributed by atoms with E-state index >= 15 is 0 Å². The fourth-order valence-corrected chi connectivity index (χ4v) is 1.90. The van der Waals surface area contributed by atoms with Crippen molar-refractivity contribution in [1.82, 2.24) is 0 Å². The molecular formula is C7H13F3Si. The molecule has 0 radical (unpaired) electrons. The number of unbranched alkanes of at least 4 members (excludes halogenated alkanes) is 2. The summed E-state index contributed by atoms with van der Waals surface area (Å²) in [6, 6.07) is 0.664. The van der Waals surface area contributed by atoms with Gasteiger partial charge in [0.15, 0.2) is 0 Å². The monoisotopic (exact) mass is 182 g/mol. The lowest BCUT2D eigenvalue weighted by Gasteiger charge is -1.94. The molecule has 0 aromatic rings. The zero-order valence-electron chi connectivity index (χ0n) is 6.67. The number of hydrogen-bond acceptors (Lipinski definition) is 0. The minimum Gasteiger partial charge on any atom is -0.212 e. The van der Waals surface area contributed by atoms with Gasteiger partial charge in [-0.15, -0.1) is 0 Å². The number of rotatable bonds is 5. The largest absolute Gasteiger partial charge is 0.295 e. The standard InChI is InChI=1S/C7H13F3Si/c1-2-3-4-5-11-7(10)6(8)9/h2-5,11H2,1H3. The first kappa shape index (κ1) is 10.7. The molecule has 0 aliphatic rings. The van der Waals surface area contributed by atoms with Crippen molar-refractivity contribution in [1.29, 1.82) is 0 Å². The Bertz CT molecular complexity index is 130. The highest BCUT2D eigenvalue weighted by molar-refractivity contribution is 6.44. The van der Waals surface area contributed by atoms with Crippen LogP contribution in [0.5, 0.6) is 0 Å². The van der Waals surface area contributed by atoms with Crippen LogP contribution >= 0.6 is 0 Å². The maximum Gasteiger partial charge on any atom is 0.295 e. The molecule has 0 heterocycles. The van der Waals surface area contributed by atoms with E-state index < -0.39 is 21.1 Å². The van der Waals surface area contributed by atoms with Crippen LogP contribution in [0.25, 0.3) is 0 Å². The van der Waals surface area contributed by atoms with Crippen LogP contribution in [0.2, 0.25) is 6.04 Å². The second kappa shape index (κ2) is 6.46. The third kappa shape index (κ3) is 6.16. The minimum atomic E-state index is -2.10. The van der Waals surface area contributed by atoms with E-state index in [-0.39, 0.29) is 0 Å². The van der Waals surface area contributed by atoms with E-state index in [0.717, 1.165) is 19.3 Å². The summed E-state index contributed by atoms with van der Waals surface area (Å²) in [6.07, 6.45) is 0.864. The topological polar surface area (TPSA) is 0 Å². The molecule has 4 heteroatoms. The molecule has 0 atom stereocenters. The maximum absolute atomic E-state index is 12.1. The number of halogens is 3. The van der Waals surface area contributed by atoms with E-state index in [2.05, 4.69) is 0 Å². The quantitative estimate of drug-likeness (QED) is 0.453. The Kier molecular flexibility index (Phi) is 6.31. The predicted molar refractivity (Wildman–Crippen MR) is 43.2 cm³/mol. The van der Waals surface area contributed by atoms with Gasteiger partial charge in [-0.3, -0.25) is 0 Å². The molecule has 0 amide bonds. The Balaban J connectivity index is 3.32. The Morgan fingerprint density at radius 1 is 1.18 bits per heavy atom. The Morgan fingerprint density at radius 2 is 1.82 bits per heavy atom. The second-order valence-corrected chi connectivity index (χ2v) is 4.30. The van der Waals surface area contributed by atoms with Crippen molar-refractivity contribution >= 4 is 9.52 Å². The predicted octanol–water partition coefficient (Wildman–Crippen LogP) is 2.80. The van der Waals surface area contributed by atoms with E-state index in [1.165, 1.54) is 0 Å². The third-order valence-electron chi connectivity index (χ3n) is 1.45. The first-order valence-corrected chi connectivity index (χ1v) is 5.58. The van der Waals surface area contributed by atoms with Gasteiger partial charge in [0.1, 0.15) is 5.45 Å². The molecular weight excluding hydrogens is 169 g/mol.